The molecule has 2 aromatic rings. The van der Waals surface area contributed by atoms with Gasteiger partial charge in [0.15, 0.2) is 0 Å². The Labute approximate surface area is 120 Å². The predicted molar refractivity (Wildman–Crippen MR) is 76.6 cm³/mol. The van der Waals surface area contributed by atoms with Crippen LogP contribution in [0.15, 0.2) is 24.3 Å². The number of rotatable bonds is 3. The van der Waals surface area contributed by atoms with Crippen LogP contribution in [0.3, 0.4) is 0 Å². The maximum absolute atomic E-state index is 12.9. The van der Waals surface area contributed by atoms with Crippen molar-refractivity contribution in [1.82, 2.24) is 10.2 Å². The van der Waals surface area contributed by atoms with Crippen molar-refractivity contribution in [3.63, 3.8) is 0 Å². The van der Waals surface area contributed by atoms with Crippen LogP contribution in [0.25, 0.3) is 0 Å². The van der Waals surface area contributed by atoms with E-state index in [-0.39, 0.29) is 11.9 Å². The molecule has 0 radical (unpaired) electrons. The van der Waals surface area contributed by atoms with Gasteiger partial charge in [-0.3, -0.25) is 0 Å². The van der Waals surface area contributed by atoms with E-state index in [0.717, 1.165) is 41.6 Å². The molecular weight excluding hydrogens is 277 g/mol. The van der Waals surface area contributed by atoms with Crippen LogP contribution < -0.4 is 4.90 Å². The van der Waals surface area contributed by atoms with Crippen molar-refractivity contribution < 1.29 is 9.50 Å². The molecule has 1 saturated heterocycles. The SMILES string of the molecule is OC1CCN(c2nnc(Cc3ccc(F)cc3)s2)CC1. The zero-order valence-corrected chi connectivity index (χ0v) is 11.8. The van der Waals surface area contributed by atoms with E-state index in [1.807, 2.05) is 0 Å². The molecule has 1 aromatic heterocycles. The number of nitrogens with zero attached hydrogens (tertiary/aromatic N) is 3. The molecule has 20 heavy (non-hydrogen) atoms. The molecule has 106 valence electrons. The van der Waals surface area contributed by atoms with Crippen molar-refractivity contribution in [1.29, 1.82) is 0 Å². The van der Waals surface area contributed by atoms with Crippen molar-refractivity contribution in [3.8, 4) is 0 Å². The Morgan fingerprint density at radius 1 is 1.20 bits per heavy atom. The number of benzene rings is 1. The van der Waals surface area contributed by atoms with Gasteiger partial charge >= 0.3 is 0 Å². The van der Waals surface area contributed by atoms with E-state index < -0.39 is 0 Å². The number of aliphatic hydroxyl groups excluding tert-OH is 1. The third-order valence-corrected chi connectivity index (χ3v) is 4.44. The van der Waals surface area contributed by atoms with Gasteiger partial charge < -0.3 is 10.0 Å². The molecule has 0 aliphatic carbocycles. The summed E-state index contributed by atoms with van der Waals surface area (Å²) in [6.45, 7) is 1.65. The van der Waals surface area contributed by atoms with Gasteiger partial charge in [-0.05, 0) is 30.5 Å². The molecule has 0 bridgehead atoms. The minimum absolute atomic E-state index is 0.183. The molecule has 1 aromatic carbocycles. The monoisotopic (exact) mass is 293 g/mol. The normalized spacial score (nSPS) is 16.6. The summed E-state index contributed by atoms with van der Waals surface area (Å²) in [6.07, 6.45) is 2.06. The van der Waals surface area contributed by atoms with Crippen LogP contribution in [0.4, 0.5) is 9.52 Å². The van der Waals surface area contributed by atoms with Crippen molar-refractivity contribution in [2.75, 3.05) is 18.0 Å². The van der Waals surface area contributed by atoms with Gasteiger partial charge in [-0.2, -0.15) is 0 Å². The molecular formula is C14H16FN3OS. The van der Waals surface area contributed by atoms with Crippen LogP contribution in [0.5, 0.6) is 0 Å². The lowest BCUT2D eigenvalue weighted by Crippen LogP contribution is -2.35. The standard InChI is InChI=1S/C14H16FN3OS/c15-11-3-1-10(2-4-11)9-13-16-17-14(20-13)18-7-5-12(19)6-8-18/h1-4,12,19H,5-9H2. The van der Waals surface area contributed by atoms with Crippen molar-refractivity contribution in [2.45, 2.75) is 25.4 Å². The molecule has 1 aliphatic heterocycles. The Kier molecular flexibility index (Phi) is 3.93. The van der Waals surface area contributed by atoms with Gasteiger partial charge in [0.25, 0.3) is 0 Å². The number of piperidine rings is 1. The molecule has 0 spiro atoms. The number of anilines is 1. The second-order valence-electron chi connectivity index (χ2n) is 5.00. The van der Waals surface area contributed by atoms with Gasteiger partial charge in [0.2, 0.25) is 5.13 Å². The van der Waals surface area contributed by atoms with Gasteiger partial charge in [-0.15, -0.1) is 10.2 Å². The molecule has 1 N–H and O–H groups in total. The summed E-state index contributed by atoms with van der Waals surface area (Å²) in [4.78, 5) is 2.17. The summed E-state index contributed by atoms with van der Waals surface area (Å²) in [7, 11) is 0. The highest BCUT2D eigenvalue weighted by Gasteiger charge is 2.20. The first-order valence-corrected chi connectivity index (χ1v) is 7.52. The molecule has 0 saturated carbocycles. The van der Waals surface area contributed by atoms with Crippen LogP contribution in [0.2, 0.25) is 0 Å². The fourth-order valence-electron chi connectivity index (χ4n) is 2.28. The quantitative estimate of drug-likeness (QED) is 0.943. The van der Waals surface area contributed by atoms with E-state index in [1.54, 1.807) is 23.5 Å². The highest BCUT2D eigenvalue weighted by Crippen LogP contribution is 2.25. The van der Waals surface area contributed by atoms with Crippen LogP contribution in [0, 0.1) is 5.82 Å². The van der Waals surface area contributed by atoms with Crippen molar-refractivity contribution >= 4 is 16.5 Å². The minimum atomic E-state index is -0.224. The van der Waals surface area contributed by atoms with Crippen molar-refractivity contribution in [2.24, 2.45) is 0 Å². The Morgan fingerprint density at radius 3 is 2.60 bits per heavy atom. The zero-order chi connectivity index (χ0) is 13.9. The number of aromatic nitrogens is 2. The summed E-state index contributed by atoms with van der Waals surface area (Å²) < 4.78 is 12.9. The molecule has 3 rings (SSSR count). The molecule has 1 fully saturated rings. The van der Waals surface area contributed by atoms with Gasteiger partial charge in [0.1, 0.15) is 10.8 Å². The van der Waals surface area contributed by atoms with Gasteiger partial charge in [-0.1, -0.05) is 23.5 Å². The summed E-state index contributed by atoms with van der Waals surface area (Å²) in [5, 5.41) is 19.8. The highest BCUT2D eigenvalue weighted by molar-refractivity contribution is 7.15. The summed E-state index contributed by atoms with van der Waals surface area (Å²) in [6, 6.07) is 6.47. The zero-order valence-electron chi connectivity index (χ0n) is 11.0. The van der Waals surface area contributed by atoms with Gasteiger partial charge in [-0.25, -0.2) is 4.39 Å². The fourth-order valence-corrected chi connectivity index (χ4v) is 3.20. The second-order valence-corrected chi connectivity index (χ2v) is 6.04. The van der Waals surface area contributed by atoms with Gasteiger partial charge in [0, 0.05) is 19.5 Å². The largest absolute Gasteiger partial charge is 0.393 e. The molecule has 1 aliphatic rings. The summed E-state index contributed by atoms with van der Waals surface area (Å²) in [5.41, 5.74) is 1.03. The predicted octanol–water partition coefficient (Wildman–Crippen LogP) is 2.23. The third-order valence-electron chi connectivity index (χ3n) is 3.46. The summed E-state index contributed by atoms with van der Waals surface area (Å²) in [5.74, 6) is -0.224. The molecule has 4 nitrogen and oxygen atoms in total. The Hall–Kier alpha value is -1.53. The van der Waals surface area contributed by atoms with E-state index in [2.05, 4.69) is 15.1 Å². The topological polar surface area (TPSA) is 49.2 Å². The average molecular weight is 293 g/mol. The van der Waals surface area contributed by atoms with E-state index in [9.17, 15) is 9.50 Å². The second kappa shape index (κ2) is 5.85. The lowest BCUT2D eigenvalue weighted by atomic mass is 10.1. The first-order valence-electron chi connectivity index (χ1n) is 6.70. The van der Waals surface area contributed by atoms with E-state index in [1.165, 1.54) is 12.1 Å². The third kappa shape index (κ3) is 3.13. The number of hydrogen-bond acceptors (Lipinski definition) is 5. The first-order chi connectivity index (χ1) is 9.70. The van der Waals surface area contributed by atoms with Crippen LogP contribution in [-0.4, -0.2) is 34.5 Å². The Balaban J connectivity index is 1.66. The number of aliphatic hydroxyl groups is 1. The molecule has 0 unspecified atom stereocenters. The average Bonchev–Trinajstić information content (AvgIpc) is 2.91. The minimum Gasteiger partial charge on any atom is -0.393 e. The van der Waals surface area contributed by atoms with Crippen LogP contribution in [0.1, 0.15) is 23.4 Å². The Morgan fingerprint density at radius 2 is 1.90 bits per heavy atom. The van der Waals surface area contributed by atoms with E-state index in [0.29, 0.717) is 6.42 Å². The van der Waals surface area contributed by atoms with Crippen LogP contribution >= 0.6 is 11.3 Å². The lowest BCUT2D eigenvalue weighted by molar-refractivity contribution is 0.145. The lowest BCUT2D eigenvalue weighted by Gasteiger charge is -2.28. The first kappa shape index (κ1) is 13.5. The number of halogens is 1. The van der Waals surface area contributed by atoms with Crippen molar-refractivity contribution in [3.05, 3.63) is 40.7 Å². The fraction of sp³-hybridized carbons (Fsp3) is 0.429. The van der Waals surface area contributed by atoms with E-state index >= 15 is 0 Å². The maximum atomic E-state index is 12.9. The molecule has 6 heteroatoms. The maximum Gasteiger partial charge on any atom is 0.208 e. The molecule has 0 amide bonds. The molecule has 0 atom stereocenters. The van der Waals surface area contributed by atoms with Gasteiger partial charge in [0.05, 0.1) is 6.10 Å². The Bertz CT molecular complexity index is 564. The number of hydrogen-bond donors (Lipinski definition) is 1. The smallest absolute Gasteiger partial charge is 0.208 e. The van der Waals surface area contributed by atoms with Crippen LogP contribution in [-0.2, 0) is 6.42 Å². The highest BCUT2D eigenvalue weighted by atomic mass is 32.1. The summed E-state index contributed by atoms with van der Waals surface area (Å²) >= 11 is 1.57. The van der Waals surface area contributed by atoms with E-state index in [4.69, 9.17) is 0 Å². The molecule has 2 heterocycles.